The lowest BCUT2D eigenvalue weighted by Gasteiger charge is -1.99. The van der Waals surface area contributed by atoms with Gasteiger partial charge in [-0.15, -0.1) is 5.10 Å². The van der Waals surface area contributed by atoms with Crippen LogP contribution in [0.5, 0.6) is 0 Å². The van der Waals surface area contributed by atoms with Gasteiger partial charge in [-0.25, -0.2) is 0 Å². The molecule has 5 heteroatoms. The molecular weight excluding hydrogens is 246 g/mol. The van der Waals surface area contributed by atoms with Crippen LogP contribution in [0.1, 0.15) is 10.4 Å². The highest BCUT2D eigenvalue weighted by molar-refractivity contribution is 9.10. The molecule has 1 aliphatic heterocycles. The van der Waals surface area contributed by atoms with E-state index in [4.69, 9.17) is 0 Å². The highest BCUT2D eigenvalue weighted by Crippen LogP contribution is 2.34. The lowest BCUT2D eigenvalue weighted by molar-refractivity contribution is 0.103. The first-order valence-corrected chi connectivity index (χ1v) is 4.82. The maximum Gasteiger partial charge on any atom is 0.258 e. The first-order chi connectivity index (χ1) is 6.77. The molecule has 68 valence electrons. The third-order valence-corrected chi connectivity index (χ3v) is 2.88. The van der Waals surface area contributed by atoms with Crippen molar-refractivity contribution in [3.63, 3.8) is 0 Å². The fourth-order valence-corrected chi connectivity index (χ4v) is 2.02. The van der Waals surface area contributed by atoms with E-state index in [1.807, 2.05) is 12.1 Å². The van der Waals surface area contributed by atoms with Crippen LogP contribution in [0.15, 0.2) is 22.8 Å². The second kappa shape index (κ2) is 2.51. The van der Waals surface area contributed by atoms with E-state index in [9.17, 15) is 4.79 Å². The molecule has 0 unspecified atom stereocenters. The summed E-state index contributed by atoms with van der Waals surface area (Å²) in [6.45, 7) is 0. The van der Waals surface area contributed by atoms with Gasteiger partial charge in [-0.3, -0.25) is 4.79 Å². The molecule has 14 heavy (non-hydrogen) atoms. The number of nitrogens with zero attached hydrogens (tertiary/aromatic N) is 2. The molecule has 0 fully saturated rings. The maximum atomic E-state index is 11.5. The third kappa shape index (κ3) is 0.846. The van der Waals surface area contributed by atoms with Crippen molar-refractivity contribution in [3.8, 4) is 0 Å². The third-order valence-electron chi connectivity index (χ3n) is 2.24. The summed E-state index contributed by atoms with van der Waals surface area (Å²) in [5.74, 6) is -0.113. The number of halogens is 1. The van der Waals surface area contributed by atoms with Gasteiger partial charge in [-0.05, 0) is 28.1 Å². The maximum absolute atomic E-state index is 11.5. The van der Waals surface area contributed by atoms with Gasteiger partial charge in [0.25, 0.3) is 5.91 Å². The second-order valence-corrected chi connectivity index (χ2v) is 3.89. The fourth-order valence-electron chi connectivity index (χ4n) is 1.61. The lowest BCUT2D eigenvalue weighted by atomic mass is 10.1. The molecule has 2 aromatic rings. The average molecular weight is 250 g/mol. The van der Waals surface area contributed by atoms with Crippen molar-refractivity contribution in [2.45, 2.75) is 0 Å². The Morgan fingerprint density at radius 3 is 3.07 bits per heavy atom. The van der Waals surface area contributed by atoms with Crippen molar-refractivity contribution in [1.29, 1.82) is 0 Å². The van der Waals surface area contributed by atoms with Crippen LogP contribution in [-0.4, -0.2) is 16.1 Å². The van der Waals surface area contributed by atoms with E-state index in [2.05, 4.69) is 31.4 Å². The summed E-state index contributed by atoms with van der Waals surface area (Å²) in [4.78, 5) is 11.5. The smallest absolute Gasteiger partial charge is 0.258 e. The predicted octanol–water partition coefficient (Wildman–Crippen LogP) is 1.96. The van der Waals surface area contributed by atoms with Gasteiger partial charge >= 0.3 is 0 Å². The van der Waals surface area contributed by atoms with Crippen molar-refractivity contribution < 1.29 is 4.79 Å². The molecule has 0 saturated carbocycles. The zero-order valence-corrected chi connectivity index (χ0v) is 8.50. The molecule has 0 atom stereocenters. The van der Waals surface area contributed by atoms with Gasteiger partial charge in [0.15, 0.2) is 0 Å². The number of carbonyl (C=O) groups is 1. The molecule has 0 spiro atoms. The summed E-state index contributed by atoms with van der Waals surface area (Å²) >= 11 is 3.37. The van der Waals surface area contributed by atoms with E-state index >= 15 is 0 Å². The number of nitrogens with one attached hydrogen (secondary N) is 1. The van der Waals surface area contributed by atoms with E-state index in [1.165, 1.54) is 6.20 Å². The molecular formula is C9H4BrN3O. The molecule has 1 aromatic heterocycles. The van der Waals surface area contributed by atoms with Gasteiger partial charge in [-0.2, -0.15) is 5.10 Å². The summed E-state index contributed by atoms with van der Waals surface area (Å²) in [6.07, 6.45) is 1.49. The Labute approximate surface area is 87.5 Å². The molecule has 0 saturated heterocycles. The number of amides is 1. The van der Waals surface area contributed by atoms with Crippen molar-refractivity contribution >= 4 is 38.4 Å². The largest absolute Gasteiger partial charge is 0.321 e. The van der Waals surface area contributed by atoms with Crippen molar-refractivity contribution in [2.24, 2.45) is 0 Å². The summed E-state index contributed by atoms with van der Waals surface area (Å²) < 4.78 is 0.849. The Balaban J connectivity index is 2.58. The monoisotopic (exact) mass is 249 g/mol. The minimum atomic E-state index is -0.113. The standard InChI is InChI=1S/C9H4BrN3O/c10-5-1-2-6-7-4(9(14)12-6)3-11-13-8(5)7/h1-3H,(H,12,14). The Morgan fingerprint density at radius 1 is 1.36 bits per heavy atom. The van der Waals surface area contributed by atoms with Crippen LogP contribution < -0.4 is 5.32 Å². The number of aromatic nitrogens is 2. The summed E-state index contributed by atoms with van der Waals surface area (Å²) in [5, 5.41) is 11.4. The second-order valence-electron chi connectivity index (χ2n) is 3.03. The average Bonchev–Trinajstić information content (AvgIpc) is 2.52. The Kier molecular flexibility index (Phi) is 1.41. The molecule has 1 aromatic carbocycles. The van der Waals surface area contributed by atoms with Crippen LogP contribution in [-0.2, 0) is 0 Å². The number of hydrogen-bond acceptors (Lipinski definition) is 3. The zero-order valence-electron chi connectivity index (χ0n) is 6.91. The molecule has 0 aliphatic carbocycles. The minimum absolute atomic E-state index is 0.113. The van der Waals surface area contributed by atoms with Crippen molar-refractivity contribution in [3.05, 3.63) is 28.4 Å². The number of rotatable bonds is 0. The van der Waals surface area contributed by atoms with Gasteiger partial charge in [0.1, 0.15) is 5.52 Å². The van der Waals surface area contributed by atoms with Crippen LogP contribution in [0.3, 0.4) is 0 Å². The van der Waals surface area contributed by atoms with E-state index in [0.29, 0.717) is 5.56 Å². The lowest BCUT2D eigenvalue weighted by Crippen LogP contribution is -2.04. The normalized spacial score (nSPS) is 13.4. The van der Waals surface area contributed by atoms with Gasteiger partial charge in [0.2, 0.25) is 0 Å². The van der Waals surface area contributed by atoms with Gasteiger partial charge in [0, 0.05) is 9.86 Å². The zero-order chi connectivity index (χ0) is 9.71. The van der Waals surface area contributed by atoms with Crippen LogP contribution >= 0.6 is 15.9 Å². The highest BCUT2D eigenvalue weighted by Gasteiger charge is 2.23. The molecule has 2 heterocycles. The van der Waals surface area contributed by atoms with E-state index in [0.717, 1.165) is 21.1 Å². The van der Waals surface area contributed by atoms with E-state index < -0.39 is 0 Å². The molecule has 3 rings (SSSR count). The van der Waals surface area contributed by atoms with Gasteiger partial charge < -0.3 is 5.32 Å². The van der Waals surface area contributed by atoms with Crippen molar-refractivity contribution in [2.75, 3.05) is 5.32 Å². The quantitative estimate of drug-likeness (QED) is 0.777. The van der Waals surface area contributed by atoms with Gasteiger partial charge in [0.05, 0.1) is 17.4 Å². The summed E-state index contributed by atoms with van der Waals surface area (Å²) in [7, 11) is 0. The molecule has 1 aliphatic rings. The molecule has 0 bridgehead atoms. The summed E-state index contributed by atoms with van der Waals surface area (Å²) in [5.41, 5.74) is 2.11. The Hall–Kier alpha value is -1.49. The topological polar surface area (TPSA) is 54.9 Å². The minimum Gasteiger partial charge on any atom is -0.321 e. The highest BCUT2D eigenvalue weighted by atomic mass is 79.9. The van der Waals surface area contributed by atoms with Crippen LogP contribution in [0.25, 0.3) is 10.9 Å². The Morgan fingerprint density at radius 2 is 2.21 bits per heavy atom. The van der Waals surface area contributed by atoms with E-state index in [-0.39, 0.29) is 5.91 Å². The van der Waals surface area contributed by atoms with Crippen LogP contribution in [0.4, 0.5) is 5.69 Å². The number of benzene rings is 1. The summed E-state index contributed by atoms with van der Waals surface area (Å²) in [6, 6.07) is 3.70. The number of hydrogen-bond donors (Lipinski definition) is 1. The first kappa shape index (κ1) is 7.87. The van der Waals surface area contributed by atoms with Crippen LogP contribution in [0.2, 0.25) is 0 Å². The van der Waals surface area contributed by atoms with E-state index in [1.54, 1.807) is 0 Å². The first-order valence-electron chi connectivity index (χ1n) is 4.02. The van der Waals surface area contributed by atoms with Crippen LogP contribution in [0, 0.1) is 0 Å². The van der Waals surface area contributed by atoms with Gasteiger partial charge in [-0.1, -0.05) is 0 Å². The predicted molar refractivity (Wildman–Crippen MR) is 55.2 cm³/mol. The molecule has 4 nitrogen and oxygen atoms in total. The number of carbonyl (C=O) groups excluding carboxylic acids is 1. The molecule has 1 amide bonds. The van der Waals surface area contributed by atoms with Crippen molar-refractivity contribution in [1.82, 2.24) is 10.2 Å². The fraction of sp³-hybridized carbons (Fsp3) is 0. The molecule has 1 N–H and O–H groups in total. The SMILES string of the molecule is O=C1Nc2ccc(Br)c3nncc1c23. The number of anilines is 1. The molecule has 0 radical (unpaired) electrons. The Bertz CT molecular complexity index is 567.